The third-order valence-corrected chi connectivity index (χ3v) is 4.42. The van der Waals surface area contributed by atoms with Gasteiger partial charge in [-0.1, -0.05) is 39.0 Å². The molecule has 7 nitrogen and oxygen atoms in total. The highest BCUT2D eigenvalue weighted by atomic mass is 32.2. The molecule has 0 aliphatic rings. The minimum absolute atomic E-state index is 0.0977. The molecule has 2 heterocycles. The number of carbonyl (C=O) groups excluding carboxylic acids is 1. The van der Waals surface area contributed by atoms with Crippen molar-refractivity contribution in [3.05, 3.63) is 6.20 Å². The van der Waals surface area contributed by atoms with E-state index in [1.165, 1.54) is 0 Å². The number of rotatable bonds is 11. The maximum Gasteiger partial charge on any atom is 0.220 e. The lowest BCUT2D eigenvalue weighted by molar-refractivity contribution is -0.121. The Morgan fingerprint density at radius 1 is 1.20 bits per heavy atom. The number of hydrogen-bond donors (Lipinski definition) is 2. The Morgan fingerprint density at radius 2 is 2.04 bits per heavy atom. The van der Waals surface area contributed by atoms with Crippen LogP contribution in [0.15, 0.2) is 11.4 Å². The van der Waals surface area contributed by atoms with Gasteiger partial charge in [-0.05, 0) is 18.6 Å². The molecule has 2 N–H and O–H groups in total. The first-order chi connectivity index (χ1) is 12.2. The first-order valence-electron chi connectivity index (χ1n) is 9.06. The Kier molecular flexibility index (Phi) is 7.97. The van der Waals surface area contributed by atoms with Crippen LogP contribution in [0.2, 0.25) is 0 Å². The monoisotopic (exact) mass is 364 g/mol. The van der Waals surface area contributed by atoms with Crippen molar-refractivity contribution >= 4 is 34.5 Å². The van der Waals surface area contributed by atoms with E-state index in [1.807, 2.05) is 4.68 Å². The molecule has 0 fully saturated rings. The molecule has 0 saturated carbocycles. The fraction of sp³-hybridized carbons (Fsp3) is 0.647. The summed E-state index contributed by atoms with van der Waals surface area (Å²) in [6, 6.07) is 0. The SMILES string of the molecule is CCCCC(=O)NCCn1ncc2c(NCCC)nc(SCC)nc21. The highest BCUT2D eigenvalue weighted by Gasteiger charge is 2.13. The van der Waals surface area contributed by atoms with Gasteiger partial charge >= 0.3 is 0 Å². The zero-order chi connectivity index (χ0) is 18.1. The number of thioether (sulfide) groups is 1. The van der Waals surface area contributed by atoms with Crippen LogP contribution in [0.5, 0.6) is 0 Å². The lowest BCUT2D eigenvalue weighted by Crippen LogP contribution is -2.27. The van der Waals surface area contributed by atoms with E-state index in [-0.39, 0.29) is 5.91 Å². The Balaban J connectivity index is 2.11. The van der Waals surface area contributed by atoms with Gasteiger partial charge in [0, 0.05) is 19.5 Å². The number of fused-ring (bicyclic) bond motifs is 1. The molecular formula is C17H28N6OS. The quantitative estimate of drug-likeness (QED) is 0.471. The summed E-state index contributed by atoms with van der Waals surface area (Å²) in [6.07, 6.45) is 5.36. The van der Waals surface area contributed by atoms with Crippen LogP contribution in [0, 0.1) is 0 Å². The van der Waals surface area contributed by atoms with Gasteiger partial charge in [-0.2, -0.15) is 5.10 Å². The molecule has 1 amide bonds. The molecule has 138 valence electrons. The molecular weight excluding hydrogens is 336 g/mol. The summed E-state index contributed by atoms with van der Waals surface area (Å²) < 4.78 is 1.84. The normalized spacial score (nSPS) is 11.0. The maximum absolute atomic E-state index is 11.7. The van der Waals surface area contributed by atoms with Crippen LogP contribution in [0.3, 0.4) is 0 Å². The molecule has 2 aromatic heterocycles. The molecule has 8 heteroatoms. The van der Waals surface area contributed by atoms with Crippen molar-refractivity contribution in [2.24, 2.45) is 0 Å². The molecule has 0 aliphatic heterocycles. The number of unbranched alkanes of at least 4 members (excludes halogenated alkanes) is 1. The van der Waals surface area contributed by atoms with Gasteiger partial charge in [-0.25, -0.2) is 14.6 Å². The van der Waals surface area contributed by atoms with E-state index in [0.29, 0.717) is 19.5 Å². The first-order valence-corrected chi connectivity index (χ1v) is 10.0. The topological polar surface area (TPSA) is 84.7 Å². The Labute approximate surface area is 153 Å². The lowest BCUT2D eigenvalue weighted by atomic mass is 10.2. The van der Waals surface area contributed by atoms with Crippen molar-refractivity contribution in [2.75, 3.05) is 24.2 Å². The van der Waals surface area contributed by atoms with Crippen LogP contribution in [0.4, 0.5) is 5.82 Å². The summed E-state index contributed by atoms with van der Waals surface area (Å²) in [5.41, 5.74) is 0.812. The second kappa shape index (κ2) is 10.2. The van der Waals surface area contributed by atoms with Crippen LogP contribution >= 0.6 is 11.8 Å². The summed E-state index contributed by atoms with van der Waals surface area (Å²) in [5, 5.41) is 12.4. The number of aromatic nitrogens is 4. The number of hydrogen-bond acceptors (Lipinski definition) is 6. The molecule has 25 heavy (non-hydrogen) atoms. The van der Waals surface area contributed by atoms with Crippen molar-refractivity contribution in [3.8, 4) is 0 Å². The van der Waals surface area contributed by atoms with Gasteiger partial charge in [-0.15, -0.1) is 0 Å². The van der Waals surface area contributed by atoms with E-state index >= 15 is 0 Å². The summed E-state index contributed by atoms with van der Waals surface area (Å²) >= 11 is 1.61. The van der Waals surface area contributed by atoms with E-state index in [1.54, 1.807) is 18.0 Å². The molecule has 0 aromatic carbocycles. The van der Waals surface area contributed by atoms with Crippen LogP contribution < -0.4 is 10.6 Å². The zero-order valence-corrected chi connectivity index (χ0v) is 16.2. The van der Waals surface area contributed by atoms with Crippen molar-refractivity contribution in [1.82, 2.24) is 25.1 Å². The molecule has 0 unspecified atom stereocenters. The highest BCUT2D eigenvalue weighted by Crippen LogP contribution is 2.24. The van der Waals surface area contributed by atoms with E-state index < -0.39 is 0 Å². The van der Waals surface area contributed by atoms with Gasteiger partial charge in [0.2, 0.25) is 5.91 Å². The molecule has 0 saturated heterocycles. The second-order valence-corrected chi connectivity index (χ2v) is 7.00. The van der Waals surface area contributed by atoms with E-state index in [2.05, 4.69) is 46.5 Å². The molecule has 2 aromatic rings. The maximum atomic E-state index is 11.7. The van der Waals surface area contributed by atoms with Crippen LogP contribution in [-0.4, -0.2) is 44.5 Å². The van der Waals surface area contributed by atoms with Crippen LogP contribution in [-0.2, 0) is 11.3 Å². The number of amides is 1. The molecule has 0 bridgehead atoms. The van der Waals surface area contributed by atoms with E-state index in [9.17, 15) is 4.79 Å². The first kappa shape index (κ1) is 19.5. The highest BCUT2D eigenvalue weighted by molar-refractivity contribution is 7.99. The van der Waals surface area contributed by atoms with Gasteiger partial charge in [0.05, 0.1) is 18.1 Å². The summed E-state index contributed by atoms with van der Waals surface area (Å²) in [4.78, 5) is 21.0. The van der Waals surface area contributed by atoms with Gasteiger partial charge in [0.1, 0.15) is 5.82 Å². The molecule has 0 atom stereocenters. The van der Waals surface area contributed by atoms with Crippen molar-refractivity contribution < 1.29 is 4.79 Å². The molecule has 0 spiro atoms. The smallest absolute Gasteiger partial charge is 0.220 e. The van der Waals surface area contributed by atoms with Gasteiger partial charge in [-0.3, -0.25) is 4.79 Å². The summed E-state index contributed by atoms with van der Waals surface area (Å²) in [5.74, 6) is 1.85. The third kappa shape index (κ3) is 5.59. The lowest BCUT2D eigenvalue weighted by Gasteiger charge is -2.09. The minimum atomic E-state index is 0.0977. The largest absolute Gasteiger partial charge is 0.369 e. The Hall–Kier alpha value is -1.83. The van der Waals surface area contributed by atoms with Crippen molar-refractivity contribution in [2.45, 2.75) is 58.2 Å². The van der Waals surface area contributed by atoms with Gasteiger partial charge in [0.25, 0.3) is 0 Å². The Morgan fingerprint density at radius 3 is 2.76 bits per heavy atom. The number of nitrogens with zero attached hydrogens (tertiary/aromatic N) is 4. The molecule has 0 radical (unpaired) electrons. The third-order valence-electron chi connectivity index (χ3n) is 3.69. The van der Waals surface area contributed by atoms with Gasteiger partial charge < -0.3 is 10.6 Å². The van der Waals surface area contributed by atoms with Crippen molar-refractivity contribution in [3.63, 3.8) is 0 Å². The number of carbonyl (C=O) groups is 1. The van der Waals surface area contributed by atoms with Gasteiger partial charge in [0.15, 0.2) is 10.8 Å². The molecule has 2 rings (SSSR count). The fourth-order valence-corrected chi connectivity index (χ4v) is 2.96. The summed E-state index contributed by atoms with van der Waals surface area (Å²) in [6.45, 7) is 8.30. The fourth-order valence-electron chi connectivity index (χ4n) is 2.40. The van der Waals surface area contributed by atoms with Crippen molar-refractivity contribution in [1.29, 1.82) is 0 Å². The summed E-state index contributed by atoms with van der Waals surface area (Å²) in [7, 11) is 0. The number of nitrogens with one attached hydrogen (secondary N) is 2. The predicted molar refractivity (Wildman–Crippen MR) is 103 cm³/mol. The van der Waals surface area contributed by atoms with Crippen LogP contribution in [0.1, 0.15) is 46.5 Å². The Bertz CT molecular complexity index is 687. The zero-order valence-electron chi connectivity index (χ0n) is 15.3. The predicted octanol–water partition coefficient (Wildman–Crippen LogP) is 3.07. The van der Waals surface area contributed by atoms with Crippen LogP contribution in [0.25, 0.3) is 11.0 Å². The second-order valence-electron chi connectivity index (χ2n) is 5.77. The average molecular weight is 365 g/mol. The minimum Gasteiger partial charge on any atom is -0.369 e. The molecule has 0 aliphatic carbocycles. The van der Waals surface area contributed by atoms with E-state index in [4.69, 9.17) is 0 Å². The van der Waals surface area contributed by atoms with E-state index in [0.717, 1.165) is 53.6 Å². The number of anilines is 1. The average Bonchev–Trinajstić information content (AvgIpc) is 3.01. The standard InChI is InChI=1S/C17H28N6OS/c1-4-7-8-14(24)18-10-11-23-16-13(12-20-23)15(19-9-5-2)21-17(22-16)25-6-3/h12H,4-11H2,1-3H3,(H,18,24)(H,19,21,22).